The fourth-order valence-electron chi connectivity index (χ4n) is 1.69. The topological polar surface area (TPSA) is 18.5 Å². The molecule has 0 amide bonds. The van der Waals surface area contributed by atoms with Crippen LogP contribution in [0.5, 0.6) is 0 Å². The first-order valence-electron chi connectivity index (χ1n) is 6.35. The molecule has 2 nitrogen and oxygen atoms in total. The molecule has 1 aliphatic carbocycles. The van der Waals surface area contributed by atoms with Gasteiger partial charge in [-0.15, -0.1) is 0 Å². The molecule has 1 aliphatic rings. The Morgan fingerprint density at radius 3 is 2.00 bits per heavy atom. The lowest BCUT2D eigenvalue weighted by Gasteiger charge is -2.26. The minimum Gasteiger partial charge on any atom is -0.382 e. The molecule has 0 spiro atoms. The lowest BCUT2D eigenvalue weighted by atomic mass is 9.89. The molecule has 2 heteroatoms. The monoisotopic (exact) mass is 216 g/mol. The molecule has 0 heterocycles. The van der Waals surface area contributed by atoms with E-state index in [9.17, 15) is 0 Å². The summed E-state index contributed by atoms with van der Waals surface area (Å²) in [6, 6.07) is 0. The van der Waals surface area contributed by atoms with Crippen LogP contribution in [-0.2, 0) is 9.47 Å². The Bertz CT molecular complexity index is 118. The van der Waals surface area contributed by atoms with Gasteiger partial charge in [0.25, 0.3) is 0 Å². The molecular weight excluding hydrogens is 188 g/mol. The van der Waals surface area contributed by atoms with Crippen LogP contribution >= 0.6 is 0 Å². The quantitative estimate of drug-likeness (QED) is 0.668. The first kappa shape index (κ1) is 14.9. The van der Waals surface area contributed by atoms with Crippen molar-refractivity contribution in [2.75, 3.05) is 20.3 Å². The van der Waals surface area contributed by atoms with Crippen molar-refractivity contribution in [3.8, 4) is 0 Å². The zero-order valence-electron chi connectivity index (χ0n) is 10.9. The molecule has 0 atom stereocenters. The molecular formula is C13H28O2. The van der Waals surface area contributed by atoms with Gasteiger partial charge in [0.15, 0.2) is 0 Å². The lowest BCUT2D eigenvalue weighted by molar-refractivity contribution is -0.00623. The van der Waals surface area contributed by atoms with Crippen molar-refractivity contribution in [2.24, 2.45) is 5.92 Å². The lowest BCUT2D eigenvalue weighted by Crippen LogP contribution is -2.21. The van der Waals surface area contributed by atoms with Crippen molar-refractivity contribution in [2.45, 2.75) is 59.0 Å². The van der Waals surface area contributed by atoms with E-state index in [1.54, 1.807) is 7.11 Å². The molecule has 0 unspecified atom stereocenters. The average molecular weight is 216 g/mol. The summed E-state index contributed by atoms with van der Waals surface area (Å²) >= 11 is 0. The van der Waals surface area contributed by atoms with E-state index in [-0.39, 0.29) is 0 Å². The standard InChI is InChI=1S/C10H20O2.C3H8/c1-9-3-5-10(6-4-9)12-8-7-11-2;1-3-2/h9-10H,3-8H2,1-2H3;3H2,1-2H3. The molecule has 0 aromatic heterocycles. The highest BCUT2D eigenvalue weighted by Gasteiger charge is 2.17. The van der Waals surface area contributed by atoms with Crippen LogP contribution in [0.2, 0.25) is 0 Å². The van der Waals surface area contributed by atoms with Gasteiger partial charge in [-0.2, -0.15) is 0 Å². The number of hydrogen-bond donors (Lipinski definition) is 0. The van der Waals surface area contributed by atoms with Gasteiger partial charge in [-0.25, -0.2) is 0 Å². The summed E-state index contributed by atoms with van der Waals surface area (Å²) in [5, 5.41) is 0. The Kier molecular flexibility index (Phi) is 10.4. The molecule has 1 fully saturated rings. The highest BCUT2D eigenvalue weighted by molar-refractivity contribution is 4.69. The van der Waals surface area contributed by atoms with Crippen LogP contribution in [0.15, 0.2) is 0 Å². The number of methoxy groups -OCH3 is 1. The van der Waals surface area contributed by atoms with Crippen LogP contribution in [0.1, 0.15) is 52.9 Å². The normalized spacial score (nSPS) is 25.6. The van der Waals surface area contributed by atoms with Crippen LogP contribution < -0.4 is 0 Å². The molecule has 0 N–H and O–H groups in total. The summed E-state index contributed by atoms with van der Waals surface area (Å²) in [6.07, 6.45) is 6.90. The summed E-state index contributed by atoms with van der Waals surface area (Å²) in [5.41, 5.74) is 0. The average Bonchev–Trinajstić information content (AvgIpc) is 2.23. The molecule has 0 aliphatic heterocycles. The molecule has 1 rings (SSSR count). The van der Waals surface area contributed by atoms with E-state index in [0.717, 1.165) is 19.1 Å². The molecule has 92 valence electrons. The largest absolute Gasteiger partial charge is 0.382 e. The van der Waals surface area contributed by atoms with Gasteiger partial charge in [0.05, 0.1) is 19.3 Å². The zero-order valence-corrected chi connectivity index (χ0v) is 10.9. The molecule has 0 aromatic carbocycles. The fraction of sp³-hybridized carbons (Fsp3) is 1.00. The van der Waals surface area contributed by atoms with Crippen molar-refractivity contribution in [3.63, 3.8) is 0 Å². The minimum absolute atomic E-state index is 0.511. The van der Waals surface area contributed by atoms with E-state index in [1.165, 1.54) is 32.1 Å². The first-order chi connectivity index (χ1) is 7.24. The van der Waals surface area contributed by atoms with Crippen molar-refractivity contribution in [1.29, 1.82) is 0 Å². The molecule has 1 saturated carbocycles. The number of ether oxygens (including phenoxy) is 2. The second-order valence-electron chi connectivity index (χ2n) is 4.45. The fourth-order valence-corrected chi connectivity index (χ4v) is 1.69. The van der Waals surface area contributed by atoms with Crippen LogP contribution in [-0.4, -0.2) is 26.4 Å². The van der Waals surface area contributed by atoms with Crippen LogP contribution in [0.25, 0.3) is 0 Å². The third-order valence-corrected chi connectivity index (χ3v) is 2.60. The maximum absolute atomic E-state index is 5.65. The predicted octanol–water partition coefficient (Wildman–Crippen LogP) is 3.64. The van der Waals surface area contributed by atoms with Crippen LogP contribution in [0, 0.1) is 5.92 Å². The van der Waals surface area contributed by atoms with Gasteiger partial charge < -0.3 is 9.47 Å². The van der Waals surface area contributed by atoms with Gasteiger partial charge in [-0.1, -0.05) is 27.2 Å². The Balaban J connectivity index is 0.000000583. The van der Waals surface area contributed by atoms with Crippen LogP contribution in [0.3, 0.4) is 0 Å². The Hall–Kier alpha value is -0.0800. The van der Waals surface area contributed by atoms with E-state index in [4.69, 9.17) is 9.47 Å². The maximum Gasteiger partial charge on any atom is 0.0704 e. The van der Waals surface area contributed by atoms with Gasteiger partial charge in [-0.3, -0.25) is 0 Å². The second kappa shape index (κ2) is 10.4. The number of hydrogen-bond acceptors (Lipinski definition) is 2. The summed E-state index contributed by atoms with van der Waals surface area (Å²) in [7, 11) is 1.71. The van der Waals surface area contributed by atoms with Crippen molar-refractivity contribution < 1.29 is 9.47 Å². The summed E-state index contributed by atoms with van der Waals surface area (Å²) in [5.74, 6) is 0.910. The highest BCUT2D eigenvalue weighted by Crippen LogP contribution is 2.25. The Morgan fingerprint density at radius 1 is 1.00 bits per heavy atom. The van der Waals surface area contributed by atoms with Gasteiger partial charge in [0.1, 0.15) is 0 Å². The van der Waals surface area contributed by atoms with E-state index in [2.05, 4.69) is 20.8 Å². The Labute approximate surface area is 95.3 Å². The zero-order chi connectivity index (χ0) is 11.5. The van der Waals surface area contributed by atoms with E-state index >= 15 is 0 Å². The third kappa shape index (κ3) is 8.88. The predicted molar refractivity (Wildman–Crippen MR) is 65.2 cm³/mol. The summed E-state index contributed by atoms with van der Waals surface area (Å²) in [6.45, 7) is 8.06. The van der Waals surface area contributed by atoms with Gasteiger partial charge in [0, 0.05) is 7.11 Å². The van der Waals surface area contributed by atoms with Crippen molar-refractivity contribution in [1.82, 2.24) is 0 Å². The van der Waals surface area contributed by atoms with Crippen molar-refractivity contribution >= 4 is 0 Å². The minimum atomic E-state index is 0.511. The van der Waals surface area contributed by atoms with Crippen LogP contribution in [0.4, 0.5) is 0 Å². The smallest absolute Gasteiger partial charge is 0.0704 e. The van der Waals surface area contributed by atoms with Gasteiger partial charge in [0.2, 0.25) is 0 Å². The SMILES string of the molecule is CCC.COCCOC1CCC(C)CC1. The van der Waals surface area contributed by atoms with Crippen molar-refractivity contribution in [3.05, 3.63) is 0 Å². The molecule has 0 aromatic rings. The molecule has 0 bridgehead atoms. The molecule has 0 saturated heterocycles. The highest BCUT2D eigenvalue weighted by atomic mass is 16.5. The van der Waals surface area contributed by atoms with Gasteiger partial charge in [-0.05, 0) is 31.6 Å². The first-order valence-corrected chi connectivity index (χ1v) is 6.35. The maximum atomic E-state index is 5.65. The van der Waals surface area contributed by atoms with Gasteiger partial charge >= 0.3 is 0 Å². The van der Waals surface area contributed by atoms with E-state index in [0.29, 0.717) is 6.10 Å². The summed E-state index contributed by atoms with van der Waals surface area (Å²) < 4.78 is 10.6. The second-order valence-corrected chi connectivity index (χ2v) is 4.45. The molecule has 15 heavy (non-hydrogen) atoms. The summed E-state index contributed by atoms with van der Waals surface area (Å²) in [4.78, 5) is 0. The van der Waals surface area contributed by atoms with E-state index in [1.807, 2.05) is 0 Å². The molecule has 0 radical (unpaired) electrons. The van der Waals surface area contributed by atoms with E-state index < -0.39 is 0 Å². The third-order valence-electron chi connectivity index (χ3n) is 2.60. The number of rotatable bonds is 4. The Morgan fingerprint density at radius 2 is 1.53 bits per heavy atom.